The minimum Gasteiger partial charge on any atom is -0.486 e. The van der Waals surface area contributed by atoms with E-state index >= 15 is 0 Å². The average molecular weight is 374 g/mol. The van der Waals surface area contributed by atoms with Crippen molar-refractivity contribution >= 4 is 27.5 Å². The lowest BCUT2D eigenvalue weighted by Crippen LogP contribution is -2.16. The Hall–Kier alpha value is -1.30. The monoisotopic (exact) mass is 372 g/mol. The van der Waals surface area contributed by atoms with Gasteiger partial charge in [0, 0.05) is 15.6 Å². The lowest BCUT2D eigenvalue weighted by molar-refractivity contribution is 0.169. The van der Waals surface area contributed by atoms with E-state index < -0.39 is 11.9 Å². The number of benzene rings is 2. The van der Waals surface area contributed by atoms with Crippen LogP contribution in [-0.2, 0) is 0 Å². The fourth-order valence-electron chi connectivity index (χ4n) is 2.19. The van der Waals surface area contributed by atoms with Gasteiger partial charge in [0.15, 0.2) is 11.5 Å². The highest BCUT2D eigenvalue weighted by Gasteiger charge is 2.22. The van der Waals surface area contributed by atoms with Gasteiger partial charge in [0.2, 0.25) is 0 Å². The van der Waals surface area contributed by atoms with Gasteiger partial charge in [0.25, 0.3) is 0 Å². The first-order valence-electron chi connectivity index (χ1n) is 6.29. The van der Waals surface area contributed by atoms with Crippen LogP contribution in [0.4, 0.5) is 4.39 Å². The molecule has 1 heterocycles. The van der Waals surface area contributed by atoms with Crippen molar-refractivity contribution in [3.63, 3.8) is 0 Å². The van der Waals surface area contributed by atoms with Crippen molar-refractivity contribution in [3.8, 4) is 11.5 Å². The number of halogens is 3. The fraction of sp³-hybridized carbons (Fsp3) is 0.200. The first-order chi connectivity index (χ1) is 10.1. The van der Waals surface area contributed by atoms with Crippen LogP contribution >= 0.6 is 27.5 Å². The summed E-state index contributed by atoms with van der Waals surface area (Å²) in [6.45, 7) is 0.932. The lowest BCUT2D eigenvalue weighted by Gasteiger charge is -2.22. The second-order valence-electron chi connectivity index (χ2n) is 4.56. The number of rotatable bonds is 2. The van der Waals surface area contributed by atoms with E-state index in [4.69, 9.17) is 21.1 Å². The Balaban J connectivity index is 2.05. The number of ether oxygens (including phenoxy) is 2. The number of hydrogen-bond donors (Lipinski definition) is 1. The molecule has 0 saturated heterocycles. The molecule has 0 aromatic heterocycles. The van der Waals surface area contributed by atoms with Gasteiger partial charge in [-0.05, 0) is 18.2 Å². The Morgan fingerprint density at radius 3 is 2.52 bits per heavy atom. The van der Waals surface area contributed by atoms with Crippen molar-refractivity contribution in [2.45, 2.75) is 6.10 Å². The number of aliphatic hydroxyl groups excluding tert-OH is 1. The smallest absolute Gasteiger partial charge is 0.162 e. The first-order valence-corrected chi connectivity index (χ1v) is 7.46. The summed E-state index contributed by atoms with van der Waals surface area (Å²) in [5, 5.41) is 10.4. The van der Waals surface area contributed by atoms with E-state index in [1.807, 2.05) is 0 Å². The van der Waals surface area contributed by atoms with E-state index in [1.165, 1.54) is 12.1 Å². The Morgan fingerprint density at radius 1 is 1.14 bits per heavy atom. The molecule has 1 atom stereocenters. The molecule has 0 saturated carbocycles. The van der Waals surface area contributed by atoms with Gasteiger partial charge in [0.1, 0.15) is 25.1 Å². The molecule has 2 aromatic rings. The number of fused-ring (bicyclic) bond motifs is 1. The van der Waals surface area contributed by atoms with Crippen LogP contribution in [0.15, 0.2) is 34.8 Å². The molecule has 1 N–H and O–H groups in total. The van der Waals surface area contributed by atoms with Gasteiger partial charge in [-0.3, -0.25) is 0 Å². The van der Waals surface area contributed by atoms with E-state index in [1.54, 1.807) is 18.2 Å². The van der Waals surface area contributed by atoms with Gasteiger partial charge in [-0.25, -0.2) is 4.39 Å². The normalized spacial score (nSPS) is 14.9. The van der Waals surface area contributed by atoms with Crippen molar-refractivity contribution in [2.24, 2.45) is 0 Å². The third-order valence-corrected chi connectivity index (χ3v) is 4.32. The van der Waals surface area contributed by atoms with Crippen LogP contribution in [-0.4, -0.2) is 18.3 Å². The molecule has 0 spiro atoms. The summed E-state index contributed by atoms with van der Waals surface area (Å²) in [5.74, 6) is 0.585. The molecule has 0 bridgehead atoms. The van der Waals surface area contributed by atoms with Crippen molar-refractivity contribution in [1.82, 2.24) is 0 Å². The summed E-state index contributed by atoms with van der Waals surface area (Å²) in [5.41, 5.74) is 0.834. The van der Waals surface area contributed by atoms with Gasteiger partial charge in [0.05, 0.1) is 5.02 Å². The van der Waals surface area contributed by atoms with Crippen LogP contribution in [0.2, 0.25) is 5.02 Å². The molecule has 3 rings (SSSR count). The van der Waals surface area contributed by atoms with E-state index in [0.29, 0.717) is 40.3 Å². The Kier molecular flexibility index (Phi) is 4.06. The maximum atomic E-state index is 13.5. The Morgan fingerprint density at radius 2 is 1.81 bits per heavy atom. The fourth-order valence-corrected chi connectivity index (χ4v) is 2.96. The third-order valence-electron chi connectivity index (χ3n) is 3.23. The van der Waals surface area contributed by atoms with Gasteiger partial charge in [-0.15, -0.1) is 0 Å². The molecule has 2 aromatic carbocycles. The first kappa shape index (κ1) is 14.6. The third kappa shape index (κ3) is 2.73. The highest BCUT2D eigenvalue weighted by Crippen LogP contribution is 2.40. The van der Waals surface area contributed by atoms with Crippen molar-refractivity contribution in [2.75, 3.05) is 13.2 Å². The molecule has 0 radical (unpaired) electrons. The summed E-state index contributed by atoms with van der Waals surface area (Å²) in [7, 11) is 0. The van der Waals surface area contributed by atoms with Gasteiger partial charge >= 0.3 is 0 Å². The van der Waals surface area contributed by atoms with Crippen molar-refractivity contribution in [3.05, 3.63) is 56.8 Å². The molecule has 21 heavy (non-hydrogen) atoms. The maximum absolute atomic E-state index is 13.5. The van der Waals surface area contributed by atoms with Crippen LogP contribution < -0.4 is 9.47 Å². The summed E-state index contributed by atoms with van der Waals surface area (Å²) in [4.78, 5) is 0. The Bertz CT molecular complexity index is 693. The summed E-state index contributed by atoms with van der Waals surface area (Å²) in [6.07, 6.45) is -1.07. The standard InChI is InChI=1S/C15H11BrClFO3/c16-10-7-13-12(20-4-5-21-13)6-9(10)15(19)8-2-1-3-11(18)14(8)17/h1-3,6-7,15,19H,4-5H2. The predicted octanol–water partition coefficient (Wildman–Crippen LogP) is 4.09. The van der Waals surface area contributed by atoms with E-state index in [9.17, 15) is 9.50 Å². The van der Waals surface area contributed by atoms with Crippen molar-refractivity contribution in [1.29, 1.82) is 0 Å². The molecule has 6 heteroatoms. The Labute approximate surface area is 134 Å². The maximum Gasteiger partial charge on any atom is 0.162 e. The van der Waals surface area contributed by atoms with Gasteiger partial charge in [-0.2, -0.15) is 0 Å². The topological polar surface area (TPSA) is 38.7 Å². The van der Waals surface area contributed by atoms with Gasteiger partial charge < -0.3 is 14.6 Å². The molecular weight excluding hydrogens is 363 g/mol. The van der Waals surface area contributed by atoms with E-state index in [0.717, 1.165) is 0 Å². The summed E-state index contributed by atoms with van der Waals surface area (Å²) >= 11 is 9.31. The van der Waals surface area contributed by atoms with Crippen LogP contribution in [0.3, 0.4) is 0 Å². The zero-order valence-electron chi connectivity index (χ0n) is 10.8. The van der Waals surface area contributed by atoms with Gasteiger partial charge in [-0.1, -0.05) is 39.7 Å². The largest absolute Gasteiger partial charge is 0.486 e. The summed E-state index contributed by atoms with van der Waals surface area (Å²) < 4.78 is 25.1. The molecule has 1 aliphatic heterocycles. The molecule has 0 amide bonds. The molecule has 1 aliphatic rings. The quantitative estimate of drug-likeness (QED) is 0.861. The SMILES string of the molecule is OC(c1cc2c(cc1Br)OCCO2)c1cccc(F)c1Cl. The molecule has 110 valence electrons. The van der Waals surface area contributed by atoms with Crippen LogP contribution in [0.25, 0.3) is 0 Å². The van der Waals surface area contributed by atoms with E-state index in [-0.39, 0.29) is 5.02 Å². The highest BCUT2D eigenvalue weighted by molar-refractivity contribution is 9.10. The van der Waals surface area contributed by atoms with E-state index in [2.05, 4.69) is 15.9 Å². The molecular formula is C15H11BrClFO3. The molecule has 3 nitrogen and oxygen atoms in total. The zero-order valence-corrected chi connectivity index (χ0v) is 13.1. The predicted molar refractivity (Wildman–Crippen MR) is 80.6 cm³/mol. The van der Waals surface area contributed by atoms with Crippen molar-refractivity contribution < 1.29 is 19.0 Å². The zero-order chi connectivity index (χ0) is 15.0. The minimum absolute atomic E-state index is 0.0909. The molecule has 0 aliphatic carbocycles. The lowest BCUT2D eigenvalue weighted by atomic mass is 10.0. The van der Waals surface area contributed by atoms with Crippen LogP contribution in [0.1, 0.15) is 17.2 Å². The second kappa shape index (κ2) is 5.83. The highest BCUT2D eigenvalue weighted by atomic mass is 79.9. The average Bonchev–Trinajstić information content (AvgIpc) is 2.48. The minimum atomic E-state index is -1.07. The van der Waals surface area contributed by atoms with Crippen LogP contribution in [0.5, 0.6) is 11.5 Å². The molecule has 0 fully saturated rings. The van der Waals surface area contributed by atoms with Crippen LogP contribution in [0, 0.1) is 5.82 Å². The number of hydrogen-bond acceptors (Lipinski definition) is 3. The second-order valence-corrected chi connectivity index (χ2v) is 5.80. The number of aliphatic hydroxyl groups is 1. The summed E-state index contributed by atoms with van der Waals surface area (Å²) in [6, 6.07) is 7.73. The molecule has 1 unspecified atom stereocenters.